The van der Waals surface area contributed by atoms with Crippen molar-refractivity contribution in [1.82, 2.24) is 0 Å². The van der Waals surface area contributed by atoms with Crippen LogP contribution >= 0.6 is 0 Å². The summed E-state index contributed by atoms with van der Waals surface area (Å²) in [6.45, 7) is 3.19. The highest BCUT2D eigenvalue weighted by molar-refractivity contribution is 5.87. The first-order chi connectivity index (χ1) is 12.7. The second kappa shape index (κ2) is 15.1. The fourth-order valence-electron chi connectivity index (χ4n) is 2.70. The molecule has 26 heavy (non-hydrogen) atoms. The predicted molar refractivity (Wildman–Crippen MR) is 110 cm³/mol. The number of benzene rings is 1. The minimum atomic E-state index is -1.10. The van der Waals surface area contributed by atoms with E-state index in [1.165, 1.54) is 51.4 Å². The van der Waals surface area contributed by atoms with Gasteiger partial charge in [-0.05, 0) is 49.9 Å². The lowest BCUT2D eigenvalue weighted by Gasteiger charge is -2.05. The number of carboxylic acids is 1. The number of allylic oxidation sites excluding steroid dienone is 2. The average Bonchev–Trinajstić information content (AvgIpc) is 2.64. The van der Waals surface area contributed by atoms with Crippen LogP contribution in [0.1, 0.15) is 76.7 Å². The molecular formula is C23H33NO2. The molecule has 0 amide bonds. The van der Waals surface area contributed by atoms with Crippen molar-refractivity contribution in [3.05, 3.63) is 42.0 Å². The Morgan fingerprint density at radius 2 is 1.58 bits per heavy atom. The van der Waals surface area contributed by atoms with Crippen LogP contribution in [-0.4, -0.2) is 17.6 Å². The standard InChI is InChI=1S/C23H33NO2/c1-2-3-4-5-6-7-8-9-10-11-12-13-20-24-22-17-14-21(15-18-22)16-19-23(25)26/h10-11,14-15,17-18,24H,2-9,12-13,20H2,1H3,(H,25,26). The zero-order chi connectivity index (χ0) is 18.9. The van der Waals surface area contributed by atoms with Crippen molar-refractivity contribution in [2.24, 2.45) is 0 Å². The van der Waals surface area contributed by atoms with E-state index in [4.69, 9.17) is 5.11 Å². The Morgan fingerprint density at radius 3 is 2.23 bits per heavy atom. The molecule has 0 aliphatic carbocycles. The van der Waals surface area contributed by atoms with Crippen LogP contribution in [0.3, 0.4) is 0 Å². The fraction of sp³-hybridized carbons (Fsp3) is 0.522. The maximum atomic E-state index is 10.4. The molecule has 0 fully saturated rings. The van der Waals surface area contributed by atoms with Crippen molar-refractivity contribution < 1.29 is 9.90 Å². The Bertz CT molecular complexity index is 578. The molecular weight excluding hydrogens is 322 g/mol. The predicted octanol–water partition coefficient (Wildman–Crippen LogP) is 6.01. The van der Waals surface area contributed by atoms with Crippen LogP contribution in [0.5, 0.6) is 0 Å². The van der Waals surface area contributed by atoms with Crippen LogP contribution < -0.4 is 5.32 Å². The van der Waals surface area contributed by atoms with Crippen molar-refractivity contribution in [3.63, 3.8) is 0 Å². The third-order valence-electron chi connectivity index (χ3n) is 4.22. The van der Waals surface area contributed by atoms with E-state index < -0.39 is 5.97 Å². The summed E-state index contributed by atoms with van der Waals surface area (Å²) in [5, 5.41) is 11.9. The van der Waals surface area contributed by atoms with Gasteiger partial charge in [-0.3, -0.25) is 0 Å². The van der Waals surface area contributed by atoms with Gasteiger partial charge >= 0.3 is 5.97 Å². The monoisotopic (exact) mass is 355 g/mol. The summed E-state index contributed by atoms with van der Waals surface area (Å²) in [4.78, 5) is 10.4. The maximum Gasteiger partial charge on any atom is 0.382 e. The van der Waals surface area contributed by atoms with Gasteiger partial charge in [-0.25, -0.2) is 4.79 Å². The Balaban J connectivity index is 2.01. The van der Waals surface area contributed by atoms with E-state index in [0.29, 0.717) is 5.56 Å². The second-order valence-electron chi connectivity index (χ2n) is 6.58. The van der Waals surface area contributed by atoms with E-state index in [1.807, 2.05) is 24.3 Å². The minimum absolute atomic E-state index is 0.714. The lowest BCUT2D eigenvalue weighted by atomic mass is 10.1. The molecule has 0 unspecified atom stereocenters. The molecule has 142 valence electrons. The zero-order valence-corrected chi connectivity index (χ0v) is 16.1. The van der Waals surface area contributed by atoms with Crippen LogP contribution in [0.25, 0.3) is 0 Å². The van der Waals surface area contributed by atoms with E-state index in [-0.39, 0.29) is 0 Å². The van der Waals surface area contributed by atoms with Gasteiger partial charge in [0.05, 0.1) is 0 Å². The molecule has 0 aliphatic heterocycles. The number of nitrogens with one attached hydrogen (secondary N) is 1. The van der Waals surface area contributed by atoms with Gasteiger partial charge < -0.3 is 10.4 Å². The molecule has 0 saturated heterocycles. The third-order valence-corrected chi connectivity index (χ3v) is 4.22. The van der Waals surface area contributed by atoms with E-state index in [0.717, 1.165) is 25.1 Å². The summed E-state index contributed by atoms with van der Waals surface area (Å²) in [7, 11) is 0. The summed E-state index contributed by atoms with van der Waals surface area (Å²) >= 11 is 0. The summed E-state index contributed by atoms with van der Waals surface area (Å²) in [5.74, 6) is 3.61. The van der Waals surface area contributed by atoms with Gasteiger partial charge in [0.1, 0.15) is 0 Å². The number of carbonyl (C=O) groups is 1. The molecule has 0 spiro atoms. The van der Waals surface area contributed by atoms with Gasteiger partial charge in [-0.15, -0.1) is 0 Å². The SMILES string of the molecule is CCCCCCCCCC=CCCCNc1ccc(C#CC(=O)O)cc1. The van der Waals surface area contributed by atoms with Gasteiger partial charge in [0.2, 0.25) is 0 Å². The van der Waals surface area contributed by atoms with E-state index in [2.05, 4.69) is 36.2 Å². The van der Waals surface area contributed by atoms with Gasteiger partial charge in [0.15, 0.2) is 0 Å². The number of unbranched alkanes of at least 4 members (excludes halogenated alkanes) is 8. The van der Waals surface area contributed by atoms with Gasteiger partial charge in [-0.1, -0.05) is 63.5 Å². The Labute approximate surface area is 158 Å². The molecule has 0 heterocycles. The lowest BCUT2D eigenvalue weighted by Crippen LogP contribution is -2.00. The van der Waals surface area contributed by atoms with Crippen molar-refractivity contribution >= 4 is 11.7 Å². The average molecular weight is 356 g/mol. The minimum Gasteiger partial charge on any atom is -0.472 e. The summed E-state index contributed by atoms with van der Waals surface area (Å²) < 4.78 is 0. The Kier molecular flexibility index (Phi) is 12.7. The smallest absolute Gasteiger partial charge is 0.382 e. The molecule has 0 aromatic heterocycles. The van der Waals surface area contributed by atoms with Crippen molar-refractivity contribution in [1.29, 1.82) is 0 Å². The summed E-state index contributed by atoms with van der Waals surface area (Å²) in [5.41, 5.74) is 1.75. The van der Waals surface area contributed by atoms with Gasteiger partial charge in [-0.2, -0.15) is 0 Å². The Hall–Kier alpha value is -2.21. The first-order valence-electron chi connectivity index (χ1n) is 9.96. The van der Waals surface area contributed by atoms with E-state index >= 15 is 0 Å². The van der Waals surface area contributed by atoms with Gasteiger partial charge in [0.25, 0.3) is 0 Å². The molecule has 0 saturated carbocycles. The number of aliphatic carboxylic acids is 1. The lowest BCUT2D eigenvalue weighted by molar-refractivity contribution is -0.130. The van der Waals surface area contributed by atoms with Crippen LogP contribution in [-0.2, 0) is 4.79 Å². The quantitative estimate of drug-likeness (QED) is 0.259. The van der Waals surface area contributed by atoms with Crippen molar-refractivity contribution in [3.8, 4) is 11.8 Å². The molecule has 1 aromatic rings. The molecule has 0 aliphatic rings. The van der Waals surface area contributed by atoms with Crippen LogP contribution in [0.15, 0.2) is 36.4 Å². The zero-order valence-electron chi connectivity index (χ0n) is 16.1. The highest BCUT2D eigenvalue weighted by Crippen LogP contribution is 2.10. The highest BCUT2D eigenvalue weighted by atomic mass is 16.4. The maximum absolute atomic E-state index is 10.4. The molecule has 1 aromatic carbocycles. The first kappa shape index (κ1) is 21.8. The van der Waals surface area contributed by atoms with Crippen LogP contribution in [0, 0.1) is 11.8 Å². The second-order valence-corrected chi connectivity index (χ2v) is 6.58. The fourth-order valence-corrected chi connectivity index (χ4v) is 2.70. The number of carboxylic acid groups (broad SMARTS) is 1. The molecule has 0 radical (unpaired) electrons. The molecule has 3 heteroatoms. The topological polar surface area (TPSA) is 49.3 Å². The van der Waals surface area contributed by atoms with Crippen molar-refractivity contribution in [2.45, 2.75) is 71.1 Å². The number of anilines is 1. The number of hydrogen-bond donors (Lipinski definition) is 2. The van der Waals surface area contributed by atoms with Gasteiger partial charge in [0, 0.05) is 23.7 Å². The molecule has 3 nitrogen and oxygen atoms in total. The molecule has 1 rings (SSSR count). The van der Waals surface area contributed by atoms with E-state index in [1.54, 1.807) is 0 Å². The Morgan fingerprint density at radius 1 is 0.962 bits per heavy atom. The number of rotatable bonds is 13. The first-order valence-corrected chi connectivity index (χ1v) is 9.96. The molecule has 2 N–H and O–H groups in total. The van der Waals surface area contributed by atoms with Crippen molar-refractivity contribution in [2.75, 3.05) is 11.9 Å². The van der Waals surface area contributed by atoms with E-state index in [9.17, 15) is 4.79 Å². The molecule has 0 atom stereocenters. The third kappa shape index (κ3) is 12.2. The molecule has 0 bridgehead atoms. The number of hydrogen-bond acceptors (Lipinski definition) is 2. The largest absolute Gasteiger partial charge is 0.472 e. The normalized spacial score (nSPS) is 10.5. The van der Waals surface area contributed by atoms with Crippen LogP contribution in [0.4, 0.5) is 5.69 Å². The van der Waals surface area contributed by atoms with Crippen LogP contribution in [0.2, 0.25) is 0 Å². The summed E-state index contributed by atoms with van der Waals surface area (Å²) in [6.07, 6.45) is 17.6. The summed E-state index contributed by atoms with van der Waals surface area (Å²) in [6, 6.07) is 7.53. The highest BCUT2D eigenvalue weighted by Gasteiger charge is 1.93.